The number of hydrazine groups is 1. The molecular weight excluding hydrogens is 260 g/mol. The number of amides is 2. The summed E-state index contributed by atoms with van der Waals surface area (Å²) < 4.78 is 10.4. The van der Waals surface area contributed by atoms with Crippen LogP contribution in [-0.2, 0) is 9.53 Å². The molecule has 0 saturated carbocycles. The molecule has 0 atom stereocenters. The maximum absolute atomic E-state index is 11.8. The van der Waals surface area contributed by atoms with Crippen LogP contribution in [0.15, 0.2) is 24.3 Å². The molecule has 0 radical (unpaired) electrons. The van der Waals surface area contributed by atoms with Gasteiger partial charge in [0.1, 0.15) is 12.4 Å². The lowest BCUT2D eigenvalue weighted by Gasteiger charge is -2.09. The Kier molecular flexibility index (Phi) is 7.13. The van der Waals surface area contributed by atoms with Crippen molar-refractivity contribution >= 4 is 11.8 Å². The normalized spacial score (nSPS) is 9.90. The van der Waals surface area contributed by atoms with Gasteiger partial charge in [-0.15, -0.1) is 0 Å². The van der Waals surface area contributed by atoms with Crippen LogP contribution in [0.3, 0.4) is 0 Å². The monoisotopic (exact) mass is 280 g/mol. The Morgan fingerprint density at radius 2 is 2.00 bits per heavy atom. The third kappa shape index (κ3) is 5.71. The van der Waals surface area contributed by atoms with Crippen LogP contribution in [0, 0.1) is 0 Å². The summed E-state index contributed by atoms with van der Waals surface area (Å²) in [6, 6.07) is 6.77. The van der Waals surface area contributed by atoms with Crippen molar-refractivity contribution in [1.29, 1.82) is 0 Å². The third-order valence-electron chi connectivity index (χ3n) is 2.32. The van der Waals surface area contributed by atoms with Crippen LogP contribution >= 0.6 is 0 Å². The predicted octanol–water partition coefficient (Wildman–Crippen LogP) is 1.27. The van der Waals surface area contributed by atoms with Gasteiger partial charge in [-0.1, -0.05) is 13.0 Å². The topological polar surface area (TPSA) is 76.7 Å². The summed E-state index contributed by atoms with van der Waals surface area (Å²) in [5.41, 5.74) is 5.00. The molecule has 0 spiro atoms. The van der Waals surface area contributed by atoms with E-state index < -0.39 is 11.8 Å². The molecule has 0 heterocycles. The quantitative estimate of drug-likeness (QED) is 0.737. The second-order valence-corrected chi connectivity index (χ2v) is 4.02. The minimum absolute atomic E-state index is 0.0869. The summed E-state index contributed by atoms with van der Waals surface area (Å²) in [4.78, 5) is 23.1. The van der Waals surface area contributed by atoms with Gasteiger partial charge in [0, 0.05) is 12.2 Å². The van der Waals surface area contributed by atoms with Gasteiger partial charge in [0.2, 0.25) is 0 Å². The standard InChI is InChI=1S/C14H20N2O4/c1-3-8-20-12-7-5-6-11(9-12)14(18)16-15-13(17)10-19-4-2/h5-7,9H,3-4,8,10H2,1-2H3,(H,15,17)(H,16,18). The Morgan fingerprint density at radius 3 is 2.70 bits per heavy atom. The molecular formula is C14H20N2O4. The molecule has 1 aromatic rings. The van der Waals surface area contributed by atoms with E-state index in [1.165, 1.54) is 0 Å². The minimum atomic E-state index is -0.406. The maximum Gasteiger partial charge on any atom is 0.269 e. The zero-order valence-electron chi connectivity index (χ0n) is 11.8. The molecule has 0 aliphatic carbocycles. The molecule has 6 heteroatoms. The highest BCUT2D eigenvalue weighted by Gasteiger charge is 2.08. The first-order valence-electron chi connectivity index (χ1n) is 6.57. The van der Waals surface area contributed by atoms with Crippen LogP contribution in [-0.4, -0.2) is 31.6 Å². The highest BCUT2D eigenvalue weighted by atomic mass is 16.5. The lowest BCUT2D eigenvalue weighted by atomic mass is 10.2. The van der Waals surface area contributed by atoms with Gasteiger partial charge in [-0.2, -0.15) is 0 Å². The van der Waals surface area contributed by atoms with E-state index in [0.717, 1.165) is 6.42 Å². The van der Waals surface area contributed by atoms with E-state index in [-0.39, 0.29) is 6.61 Å². The second kappa shape index (κ2) is 8.92. The second-order valence-electron chi connectivity index (χ2n) is 4.02. The van der Waals surface area contributed by atoms with Crippen molar-refractivity contribution in [3.63, 3.8) is 0 Å². The lowest BCUT2D eigenvalue weighted by Crippen LogP contribution is -2.43. The van der Waals surface area contributed by atoms with Crippen molar-refractivity contribution in [1.82, 2.24) is 10.9 Å². The zero-order chi connectivity index (χ0) is 14.8. The fraction of sp³-hybridized carbons (Fsp3) is 0.429. The average molecular weight is 280 g/mol. The Labute approximate surface area is 118 Å². The fourth-order valence-corrected chi connectivity index (χ4v) is 1.38. The van der Waals surface area contributed by atoms with Gasteiger partial charge in [-0.25, -0.2) is 0 Å². The fourth-order valence-electron chi connectivity index (χ4n) is 1.38. The first-order chi connectivity index (χ1) is 9.67. The first kappa shape index (κ1) is 16.0. The SMILES string of the molecule is CCCOc1cccc(C(=O)NNC(=O)COCC)c1. The van der Waals surface area contributed by atoms with Gasteiger partial charge in [0.05, 0.1) is 6.61 Å². The molecule has 1 aromatic carbocycles. The molecule has 0 saturated heterocycles. The number of carbonyl (C=O) groups excluding carboxylic acids is 2. The summed E-state index contributed by atoms with van der Waals surface area (Å²) in [5, 5.41) is 0. The number of rotatable bonds is 7. The van der Waals surface area contributed by atoms with Gasteiger partial charge >= 0.3 is 0 Å². The summed E-state index contributed by atoms with van der Waals surface area (Å²) in [7, 11) is 0. The number of carbonyl (C=O) groups is 2. The molecule has 2 amide bonds. The van der Waals surface area contributed by atoms with Crippen molar-refractivity contribution < 1.29 is 19.1 Å². The van der Waals surface area contributed by atoms with E-state index in [1.54, 1.807) is 31.2 Å². The smallest absolute Gasteiger partial charge is 0.269 e. The van der Waals surface area contributed by atoms with Crippen LogP contribution in [0.1, 0.15) is 30.6 Å². The molecule has 0 aliphatic rings. The van der Waals surface area contributed by atoms with Crippen LogP contribution in [0.5, 0.6) is 5.75 Å². The molecule has 0 aliphatic heterocycles. The van der Waals surface area contributed by atoms with E-state index in [2.05, 4.69) is 10.9 Å². The Hall–Kier alpha value is -2.08. The first-order valence-corrected chi connectivity index (χ1v) is 6.57. The van der Waals surface area contributed by atoms with Crippen molar-refractivity contribution in [2.75, 3.05) is 19.8 Å². The third-order valence-corrected chi connectivity index (χ3v) is 2.32. The largest absolute Gasteiger partial charge is 0.494 e. The zero-order valence-corrected chi connectivity index (χ0v) is 11.8. The number of hydrogen-bond donors (Lipinski definition) is 2. The van der Waals surface area contributed by atoms with Crippen LogP contribution < -0.4 is 15.6 Å². The minimum Gasteiger partial charge on any atom is -0.494 e. The van der Waals surface area contributed by atoms with Crippen molar-refractivity contribution in [3.8, 4) is 5.75 Å². The van der Waals surface area contributed by atoms with Gasteiger partial charge in [-0.05, 0) is 31.5 Å². The molecule has 6 nitrogen and oxygen atoms in total. The number of ether oxygens (including phenoxy) is 2. The van der Waals surface area contributed by atoms with E-state index in [4.69, 9.17) is 9.47 Å². The predicted molar refractivity (Wildman–Crippen MR) is 74.3 cm³/mol. The lowest BCUT2D eigenvalue weighted by molar-refractivity contribution is -0.126. The molecule has 0 aromatic heterocycles. The number of nitrogens with one attached hydrogen (secondary N) is 2. The summed E-state index contributed by atoms with van der Waals surface area (Å²) in [6.07, 6.45) is 0.893. The Morgan fingerprint density at radius 1 is 1.20 bits per heavy atom. The average Bonchev–Trinajstić information content (AvgIpc) is 2.48. The van der Waals surface area contributed by atoms with Crippen molar-refractivity contribution in [2.24, 2.45) is 0 Å². The number of hydrogen-bond acceptors (Lipinski definition) is 4. The van der Waals surface area contributed by atoms with E-state index in [0.29, 0.717) is 24.5 Å². The van der Waals surface area contributed by atoms with Crippen molar-refractivity contribution in [2.45, 2.75) is 20.3 Å². The van der Waals surface area contributed by atoms with E-state index in [9.17, 15) is 9.59 Å². The maximum atomic E-state index is 11.8. The molecule has 1 rings (SSSR count). The van der Waals surface area contributed by atoms with Crippen LogP contribution in [0.2, 0.25) is 0 Å². The highest BCUT2D eigenvalue weighted by Crippen LogP contribution is 2.13. The van der Waals surface area contributed by atoms with Crippen molar-refractivity contribution in [3.05, 3.63) is 29.8 Å². The molecule has 110 valence electrons. The molecule has 20 heavy (non-hydrogen) atoms. The Balaban J connectivity index is 2.48. The van der Waals surface area contributed by atoms with Gasteiger partial charge in [0.25, 0.3) is 11.8 Å². The molecule has 0 bridgehead atoms. The summed E-state index contributed by atoms with van der Waals surface area (Å²) in [6.45, 7) is 4.74. The number of benzene rings is 1. The van der Waals surface area contributed by atoms with Crippen LogP contribution in [0.4, 0.5) is 0 Å². The van der Waals surface area contributed by atoms with E-state index >= 15 is 0 Å². The highest BCUT2D eigenvalue weighted by molar-refractivity contribution is 5.95. The van der Waals surface area contributed by atoms with Gasteiger partial charge in [-0.3, -0.25) is 20.4 Å². The van der Waals surface area contributed by atoms with Crippen LogP contribution in [0.25, 0.3) is 0 Å². The molecule has 0 unspecified atom stereocenters. The van der Waals surface area contributed by atoms with E-state index in [1.807, 2.05) is 6.92 Å². The summed E-state index contributed by atoms with van der Waals surface area (Å²) >= 11 is 0. The Bertz CT molecular complexity index is 449. The molecule has 2 N–H and O–H groups in total. The van der Waals surface area contributed by atoms with Gasteiger partial charge in [0.15, 0.2) is 0 Å². The summed E-state index contributed by atoms with van der Waals surface area (Å²) in [5.74, 6) is -0.185. The molecule has 0 fully saturated rings. The van der Waals surface area contributed by atoms with Gasteiger partial charge < -0.3 is 9.47 Å².